The Morgan fingerprint density at radius 3 is 2.58 bits per heavy atom. The minimum absolute atomic E-state index is 0.00688. The Balaban J connectivity index is 1.60. The van der Waals surface area contributed by atoms with Gasteiger partial charge in [-0.1, -0.05) is 0 Å². The number of nitrogens with zero attached hydrogens (tertiary/aromatic N) is 5. The molecule has 1 amide bonds. The highest BCUT2D eigenvalue weighted by molar-refractivity contribution is 7.07. The average molecular weight is 576 g/mol. The highest BCUT2D eigenvalue weighted by Crippen LogP contribution is 2.25. The van der Waals surface area contributed by atoms with Crippen molar-refractivity contribution < 1.29 is 18.0 Å². The molecule has 1 aliphatic heterocycles. The van der Waals surface area contributed by atoms with Crippen molar-refractivity contribution in [3.05, 3.63) is 49.5 Å². The maximum atomic E-state index is 13.0. The first-order valence-electron chi connectivity index (χ1n) is 12.9. The number of likely N-dealkylation sites (N-methyl/N-ethyl adjacent to an activating group) is 1. The summed E-state index contributed by atoms with van der Waals surface area (Å²) in [4.78, 5) is 30.1. The van der Waals surface area contributed by atoms with E-state index >= 15 is 0 Å². The monoisotopic (exact) mass is 575 g/mol. The minimum atomic E-state index is -4.62. The van der Waals surface area contributed by atoms with Crippen LogP contribution < -0.4 is 25.4 Å². The van der Waals surface area contributed by atoms with Gasteiger partial charge in [-0.15, -0.1) is 11.3 Å². The third-order valence-corrected chi connectivity index (χ3v) is 8.09. The highest BCUT2D eigenvalue weighted by atomic mass is 32.1. The second-order valence-corrected chi connectivity index (χ2v) is 10.8. The molecule has 0 aliphatic carbocycles. The fourth-order valence-corrected chi connectivity index (χ4v) is 5.80. The predicted molar refractivity (Wildman–Crippen MR) is 150 cm³/mol. The Kier molecular flexibility index (Phi) is 9.02. The molecule has 40 heavy (non-hydrogen) atoms. The molecular weight excluding hydrogens is 543 g/mol. The first-order valence-corrected chi connectivity index (χ1v) is 13.8. The van der Waals surface area contributed by atoms with E-state index in [9.17, 15) is 28.0 Å². The predicted octanol–water partition coefficient (Wildman–Crippen LogP) is 1.41. The minimum Gasteiger partial charge on any atom is -0.360 e. The maximum Gasteiger partial charge on any atom is 0.405 e. The largest absolute Gasteiger partial charge is 0.405 e. The van der Waals surface area contributed by atoms with Gasteiger partial charge >= 0.3 is 6.18 Å². The van der Waals surface area contributed by atoms with Gasteiger partial charge in [-0.05, 0) is 44.2 Å². The van der Waals surface area contributed by atoms with E-state index in [1.807, 2.05) is 25.2 Å². The van der Waals surface area contributed by atoms with Gasteiger partial charge in [0, 0.05) is 75.3 Å². The van der Waals surface area contributed by atoms with Gasteiger partial charge in [-0.3, -0.25) is 14.2 Å². The van der Waals surface area contributed by atoms with Crippen molar-refractivity contribution in [3.8, 4) is 6.07 Å². The maximum absolute atomic E-state index is 13.0. The van der Waals surface area contributed by atoms with Gasteiger partial charge in [0.2, 0.25) is 0 Å². The van der Waals surface area contributed by atoms with Crippen LogP contribution in [-0.4, -0.2) is 77.3 Å². The Morgan fingerprint density at radius 2 is 1.93 bits per heavy atom. The Morgan fingerprint density at radius 1 is 1.20 bits per heavy atom. The number of hydrogen-bond donors (Lipinski definition) is 2. The van der Waals surface area contributed by atoms with Gasteiger partial charge in [-0.25, -0.2) is 0 Å². The standard InChI is InChI=1S/C27H32F3N7O2S/c1-4-37-25(39)23(40-26(37)21(14-31)24(38)33-17-27(28,29)30)15-32-19-5-6-22-20(13-19)18(16-35(22)3)7-8-36-11-9-34(2)10-12-36/h5-6,13,15-16,32H,4,7-12,17H2,1-3H3,(H,33,38)/b23-15-,26-21+. The van der Waals surface area contributed by atoms with Crippen LogP contribution >= 0.6 is 11.3 Å². The van der Waals surface area contributed by atoms with Crippen LogP contribution in [0, 0.1) is 11.3 Å². The lowest BCUT2D eigenvalue weighted by molar-refractivity contribution is -0.135. The van der Waals surface area contributed by atoms with Crippen LogP contribution in [0.15, 0.2) is 29.2 Å². The molecule has 214 valence electrons. The highest BCUT2D eigenvalue weighted by Gasteiger charge is 2.29. The zero-order valence-corrected chi connectivity index (χ0v) is 23.5. The number of aryl methyl sites for hydroxylation is 1. The zero-order chi connectivity index (χ0) is 29.0. The topological polar surface area (TPSA) is 98.3 Å². The molecule has 1 fully saturated rings. The average Bonchev–Trinajstić information content (AvgIpc) is 3.41. The SMILES string of the molecule is CCn1c(=O)/c(=C/Nc2ccc3c(c2)c(CCN2CCN(C)CC2)cn3C)s/c1=C(\C#N)C(=O)NCC(F)(F)F. The Bertz CT molecular complexity index is 1610. The molecule has 0 radical (unpaired) electrons. The third kappa shape index (κ3) is 6.75. The van der Waals surface area contributed by atoms with Crippen molar-refractivity contribution in [2.75, 3.05) is 51.6 Å². The van der Waals surface area contributed by atoms with Crippen LogP contribution in [-0.2, 0) is 24.8 Å². The normalized spacial score (nSPS) is 16.3. The molecule has 9 nitrogen and oxygen atoms in total. The number of anilines is 1. The van der Waals surface area contributed by atoms with E-state index in [4.69, 9.17) is 0 Å². The quantitative estimate of drug-likeness (QED) is 0.422. The van der Waals surface area contributed by atoms with E-state index < -0.39 is 29.8 Å². The summed E-state index contributed by atoms with van der Waals surface area (Å²) in [5.41, 5.74) is 2.08. The summed E-state index contributed by atoms with van der Waals surface area (Å²) in [7, 11) is 4.15. The molecule has 3 aromatic rings. The molecule has 3 heterocycles. The number of nitriles is 1. The van der Waals surface area contributed by atoms with Crippen molar-refractivity contribution >= 4 is 45.6 Å². The first-order chi connectivity index (χ1) is 19.0. The summed E-state index contributed by atoms with van der Waals surface area (Å²) in [6.07, 6.45) is -0.0712. The van der Waals surface area contributed by atoms with E-state index in [2.05, 4.69) is 32.9 Å². The number of aromatic nitrogens is 2. The number of thiazole rings is 1. The van der Waals surface area contributed by atoms with Gasteiger partial charge in [-0.2, -0.15) is 18.4 Å². The summed E-state index contributed by atoms with van der Waals surface area (Å²) in [5, 5.41) is 15.5. The number of fused-ring (bicyclic) bond motifs is 1. The van der Waals surface area contributed by atoms with Gasteiger partial charge in [0.05, 0.1) is 0 Å². The third-order valence-electron chi connectivity index (χ3n) is 6.96. The second-order valence-electron chi connectivity index (χ2n) is 9.79. The van der Waals surface area contributed by atoms with Gasteiger partial charge < -0.3 is 25.0 Å². The number of amides is 1. The van der Waals surface area contributed by atoms with Crippen LogP contribution in [0.3, 0.4) is 0 Å². The van der Waals surface area contributed by atoms with Crippen molar-refractivity contribution in [1.82, 2.24) is 24.3 Å². The molecule has 1 saturated heterocycles. The van der Waals surface area contributed by atoms with Gasteiger partial charge in [0.25, 0.3) is 11.5 Å². The molecule has 2 aromatic heterocycles. The van der Waals surface area contributed by atoms with E-state index in [-0.39, 0.29) is 15.7 Å². The van der Waals surface area contributed by atoms with Crippen LogP contribution in [0.25, 0.3) is 22.7 Å². The smallest absolute Gasteiger partial charge is 0.360 e. The molecule has 0 unspecified atom stereocenters. The fraction of sp³-hybridized carbons (Fsp3) is 0.444. The van der Waals surface area contributed by atoms with E-state index in [1.165, 1.54) is 16.3 Å². The number of nitrogens with one attached hydrogen (secondary N) is 2. The molecule has 1 aromatic carbocycles. The molecule has 0 saturated carbocycles. The zero-order valence-electron chi connectivity index (χ0n) is 22.6. The van der Waals surface area contributed by atoms with Crippen LogP contribution in [0.2, 0.25) is 0 Å². The van der Waals surface area contributed by atoms with Crippen molar-refractivity contribution in [1.29, 1.82) is 5.26 Å². The lowest BCUT2D eigenvalue weighted by Gasteiger charge is -2.32. The number of carbonyl (C=O) groups is 1. The van der Waals surface area contributed by atoms with Crippen LogP contribution in [0.1, 0.15) is 12.5 Å². The van der Waals surface area contributed by atoms with Gasteiger partial charge in [0.15, 0.2) is 5.57 Å². The van der Waals surface area contributed by atoms with Crippen molar-refractivity contribution in [2.24, 2.45) is 7.05 Å². The van der Waals surface area contributed by atoms with Crippen LogP contribution in [0.5, 0.6) is 0 Å². The number of hydrogen-bond acceptors (Lipinski definition) is 7. The second kappa shape index (κ2) is 12.3. The van der Waals surface area contributed by atoms with Crippen molar-refractivity contribution in [2.45, 2.75) is 26.1 Å². The number of rotatable bonds is 8. The number of carbonyl (C=O) groups excluding carboxylic acids is 1. The lowest BCUT2D eigenvalue weighted by Crippen LogP contribution is -2.45. The lowest BCUT2D eigenvalue weighted by atomic mass is 10.1. The Labute approximate surface area is 233 Å². The van der Waals surface area contributed by atoms with Gasteiger partial charge in [0.1, 0.15) is 21.8 Å². The van der Waals surface area contributed by atoms with E-state index in [1.54, 1.807) is 18.3 Å². The van der Waals surface area contributed by atoms with Crippen molar-refractivity contribution in [3.63, 3.8) is 0 Å². The summed E-state index contributed by atoms with van der Waals surface area (Å²) >= 11 is 0.877. The molecule has 1 aliphatic rings. The number of alkyl halides is 3. The number of halogens is 3. The van der Waals surface area contributed by atoms with Crippen LogP contribution in [0.4, 0.5) is 18.9 Å². The summed E-state index contributed by atoms with van der Waals surface area (Å²) < 4.78 is 41.2. The molecule has 2 N–H and O–H groups in total. The molecular formula is C27H32F3N7O2S. The van der Waals surface area contributed by atoms with E-state index in [0.29, 0.717) is 0 Å². The van der Waals surface area contributed by atoms with E-state index in [0.717, 1.165) is 67.1 Å². The molecule has 0 atom stereocenters. The number of benzene rings is 1. The first kappa shape index (κ1) is 29.4. The number of piperazine rings is 1. The molecule has 13 heteroatoms. The summed E-state index contributed by atoms with van der Waals surface area (Å²) in [6.45, 7) is 5.43. The summed E-state index contributed by atoms with van der Waals surface area (Å²) in [6, 6.07) is 7.58. The summed E-state index contributed by atoms with van der Waals surface area (Å²) in [5.74, 6) is -1.18. The Hall–Kier alpha value is -3.60. The molecule has 0 spiro atoms. The fourth-order valence-electron chi connectivity index (χ4n) is 4.72. The molecule has 4 rings (SSSR count). The molecule has 0 bridgehead atoms.